The maximum absolute atomic E-state index is 13.2. The molecule has 0 saturated heterocycles. The molecular formula is C21H28N6O6S2. The SMILES string of the molecule is NC(CS)C(=O)NC(Cc1cnc[nH]1)C(=O)NC(Cc1ccc(O)cc1)C(=O)NC(CS)C(=O)O. The monoisotopic (exact) mass is 524 g/mol. The number of aliphatic carboxylic acids is 1. The molecule has 0 aliphatic rings. The molecule has 0 fully saturated rings. The van der Waals surface area contributed by atoms with Crippen LogP contribution in [0.3, 0.4) is 0 Å². The van der Waals surface area contributed by atoms with E-state index in [2.05, 4.69) is 51.2 Å². The summed E-state index contributed by atoms with van der Waals surface area (Å²) in [7, 11) is 0. The van der Waals surface area contributed by atoms with Crippen molar-refractivity contribution in [3.63, 3.8) is 0 Å². The number of carbonyl (C=O) groups excluding carboxylic acids is 3. The van der Waals surface area contributed by atoms with Crippen molar-refractivity contribution >= 4 is 48.9 Å². The predicted molar refractivity (Wildman–Crippen MR) is 133 cm³/mol. The Bertz CT molecular complexity index is 1000. The summed E-state index contributed by atoms with van der Waals surface area (Å²) in [5.41, 5.74) is 6.85. The Morgan fingerprint density at radius 3 is 2.00 bits per heavy atom. The Labute approximate surface area is 212 Å². The van der Waals surface area contributed by atoms with Gasteiger partial charge in [0.1, 0.15) is 23.9 Å². The first-order chi connectivity index (χ1) is 16.6. The summed E-state index contributed by atoms with van der Waals surface area (Å²) in [6.45, 7) is 0. The number of hydrogen-bond donors (Lipinski definition) is 9. The number of carbonyl (C=O) groups is 4. The number of nitrogens with zero attached hydrogens (tertiary/aromatic N) is 1. The molecule has 0 aliphatic carbocycles. The summed E-state index contributed by atoms with van der Waals surface area (Å²) in [6.07, 6.45) is 2.91. The van der Waals surface area contributed by atoms with E-state index in [4.69, 9.17) is 5.73 Å². The second-order valence-electron chi connectivity index (χ2n) is 7.64. The van der Waals surface area contributed by atoms with E-state index in [0.717, 1.165) is 0 Å². The molecule has 190 valence electrons. The normalized spacial score (nSPS) is 14.3. The number of aromatic amines is 1. The van der Waals surface area contributed by atoms with Gasteiger partial charge in [-0.3, -0.25) is 14.4 Å². The standard InChI is InChI=1S/C21H28N6O6S2/c22-14(8-34)18(29)25-16(6-12-7-23-10-24-12)20(31)26-15(5-11-1-3-13(28)4-2-11)19(30)27-17(9-35)21(32)33/h1-4,7,10,14-17,28,34-35H,5-6,8-9,22H2,(H,23,24)(H,25,29)(H,26,31)(H,27,30)(H,32,33). The first-order valence-electron chi connectivity index (χ1n) is 10.5. The highest BCUT2D eigenvalue weighted by Gasteiger charge is 2.30. The lowest BCUT2D eigenvalue weighted by atomic mass is 10.0. The van der Waals surface area contributed by atoms with Crippen molar-refractivity contribution in [2.75, 3.05) is 11.5 Å². The number of amides is 3. The molecule has 0 saturated carbocycles. The highest BCUT2D eigenvalue weighted by Crippen LogP contribution is 2.12. The van der Waals surface area contributed by atoms with Crippen LogP contribution in [0.15, 0.2) is 36.8 Å². The van der Waals surface area contributed by atoms with Gasteiger partial charge in [-0.1, -0.05) is 12.1 Å². The number of nitrogens with one attached hydrogen (secondary N) is 4. The Balaban J connectivity index is 2.26. The number of aromatic nitrogens is 2. The van der Waals surface area contributed by atoms with Crippen LogP contribution < -0.4 is 21.7 Å². The van der Waals surface area contributed by atoms with Gasteiger partial charge in [-0.15, -0.1) is 0 Å². The first-order valence-corrected chi connectivity index (χ1v) is 11.8. The summed E-state index contributed by atoms with van der Waals surface area (Å²) >= 11 is 7.93. The molecular weight excluding hydrogens is 496 g/mol. The Morgan fingerprint density at radius 2 is 1.49 bits per heavy atom. The number of rotatable bonds is 13. The Kier molecular flexibility index (Phi) is 10.9. The largest absolute Gasteiger partial charge is 0.508 e. The highest BCUT2D eigenvalue weighted by atomic mass is 32.1. The molecule has 0 bridgehead atoms. The van der Waals surface area contributed by atoms with Gasteiger partial charge < -0.3 is 36.9 Å². The van der Waals surface area contributed by atoms with E-state index in [0.29, 0.717) is 11.3 Å². The second kappa shape index (κ2) is 13.6. The van der Waals surface area contributed by atoms with Gasteiger partial charge in [0, 0.05) is 36.2 Å². The topological polar surface area (TPSA) is 200 Å². The number of benzene rings is 1. The van der Waals surface area contributed by atoms with Crippen molar-refractivity contribution in [2.45, 2.75) is 37.0 Å². The molecule has 0 radical (unpaired) electrons. The van der Waals surface area contributed by atoms with Crippen LogP contribution in [0.1, 0.15) is 11.3 Å². The zero-order valence-corrected chi connectivity index (χ0v) is 20.3. The van der Waals surface area contributed by atoms with E-state index in [9.17, 15) is 29.4 Å². The van der Waals surface area contributed by atoms with Crippen LogP contribution in [0.25, 0.3) is 0 Å². The van der Waals surface area contributed by atoms with Crippen LogP contribution in [0.2, 0.25) is 0 Å². The maximum Gasteiger partial charge on any atom is 0.327 e. The minimum Gasteiger partial charge on any atom is -0.508 e. The Morgan fingerprint density at radius 1 is 0.914 bits per heavy atom. The second-order valence-corrected chi connectivity index (χ2v) is 8.38. The summed E-state index contributed by atoms with van der Waals surface area (Å²) in [4.78, 5) is 56.6. The van der Waals surface area contributed by atoms with E-state index in [-0.39, 0.29) is 30.1 Å². The van der Waals surface area contributed by atoms with E-state index in [1.807, 2.05) is 0 Å². The minimum absolute atomic E-state index is 0.0162. The molecule has 35 heavy (non-hydrogen) atoms. The Hall–Kier alpha value is -3.23. The zero-order chi connectivity index (χ0) is 26.0. The smallest absolute Gasteiger partial charge is 0.327 e. The molecule has 12 nitrogen and oxygen atoms in total. The fourth-order valence-electron chi connectivity index (χ4n) is 2.99. The van der Waals surface area contributed by atoms with Gasteiger partial charge in [0.15, 0.2) is 0 Å². The minimum atomic E-state index is -1.28. The molecule has 3 amide bonds. The van der Waals surface area contributed by atoms with Gasteiger partial charge >= 0.3 is 5.97 Å². The van der Waals surface area contributed by atoms with Gasteiger partial charge in [0.25, 0.3) is 0 Å². The van der Waals surface area contributed by atoms with Gasteiger partial charge in [-0.2, -0.15) is 25.3 Å². The quantitative estimate of drug-likeness (QED) is 0.143. The summed E-state index contributed by atoms with van der Waals surface area (Å²) < 4.78 is 0. The number of thiol groups is 2. The van der Waals surface area contributed by atoms with Crippen LogP contribution in [0, 0.1) is 0 Å². The van der Waals surface area contributed by atoms with Crippen molar-refractivity contribution in [3.8, 4) is 5.75 Å². The first kappa shape index (κ1) is 28.0. The third kappa shape index (κ3) is 8.81. The maximum atomic E-state index is 13.2. The number of carboxylic acid groups (broad SMARTS) is 1. The number of aromatic hydroxyl groups is 1. The van der Waals surface area contributed by atoms with Gasteiger partial charge in [0.05, 0.1) is 12.4 Å². The average Bonchev–Trinajstić information content (AvgIpc) is 3.35. The number of hydrogen-bond acceptors (Lipinski definition) is 9. The number of H-pyrrole nitrogens is 1. The average molecular weight is 525 g/mol. The summed E-state index contributed by atoms with van der Waals surface area (Å²) in [5.74, 6) is -3.45. The molecule has 4 atom stereocenters. The molecule has 1 aromatic heterocycles. The fourth-order valence-corrected chi connectivity index (χ4v) is 3.41. The molecule has 0 aliphatic heterocycles. The molecule has 2 rings (SSSR count). The van der Waals surface area contributed by atoms with Crippen molar-refractivity contribution < 1.29 is 29.4 Å². The number of phenolic OH excluding ortho intramolecular Hbond substituents is 1. The van der Waals surface area contributed by atoms with E-state index in [1.165, 1.54) is 24.7 Å². The number of carboxylic acids is 1. The lowest BCUT2D eigenvalue weighted by Gasteiger charge is -2.25. The summed E-state index contributed by atoms with van der Waals surface area (Å²) in [6, 6.07) is 1.39. The number of nitrogens with two attached hydrogens (primary N) is 1. The van der Waals surface area contributed by atoms with Crippen LogP contribution >= 0.6 is 25.3 Å². The van der Waals surface area contributed by atoms with Crippen LogP contribution in [-0.2, 0) is 32.0 Å². The van der Waals surface area contributed by atoms with E-state index < -0.39 is 47.9 Å². The van der Waals surface area contributed by atoms with Crippen molar-refractivity contribution in [2.24, 2.45) is 5.73 Å². The van der Waals surface area contributed by atoms with Crippen molar-refractivity contribution in [1.82, 2.24) is 25.9 Å². The number of phenols is 1. The zero-order valence-electron chi connectivity index (χ0n) is 18.5. The van der Waals surface area contributed by atoms with Crippen molar-refractivity contribution in [1.29, 1.82) is 0 Å². The fraction of sp³-hybridized carbons (Fsp3) is 0.381. The number of imidazole rings is 1. The molecule has 2 aromatic rings. The van der Waals surface area contributed by atoms with Gasteiger partial charge in [0.2, 0.25) is 17.7 Å². The molecule has 4 unspecified atom stereocenters. The predicted octanol–water partition coefficient (Wildman–Crippen LogP) is -1.37. The molecule has 14 heteroatoms. The molecule has 1 heterocycles. The summed E-state index contributed by atoms with van der Waals surface area (Å²) in [5, 5.41) is 26.2. The van der Waals surface area contributed by atoms with E-state index >= 15 is 0 Å². The molecule has 8 N–H and O–H groups in total. The van der Waals surface area contributed by atoms with Crippen molar-refractivity contribution in [3.05, 3.63) is 48.0 Å². The van der Waals surface area contributed by atoms with Gasteiger partial charge in [-0.25, -0.2) is 9.78 Å². The highest BCUT2D eigenvalue weighted by molar-refractivity contribution is 7.80. The lowest BCUT2D eigenvalue weighted by Crippen LogP contribution is -2.58. The molecule has 1 aromatic carbocycles. The molecule has 0 spiro atoms. The van der Waals surface area contributed by atoms with Crippen LogP contribution in [-0.4, -0.2) is 79.5 Å². The van der Waals surface area contributed by atoms with Gasteiger partial charge in [-0.05, 0) is 17.7 Å². The third-order valence-corrected chi connectivity index (χ3v) is 5.71. The third-order valence-electron chi connectivity index (χ3n) is 4.95. The van der Waals surface area contributed by atoms with Crippen LogP contribution in [0.5, 0.6) is 5.75 Å². The lowest BCUT2D eigenvalue weighted by molar-refractivity contribution is -0.141. The van der Waals surface area contributed by atoms with E-state index in [1.54, 1.807) is 12.1 Å². The van der Waals surface area contributed by atoms with Crippen LogP contribution in [0.4, 0.5) is 0 Å².